The smallest absolute Gasteiger partial charge is 0.274 e. The number of hydrogen-bond acceptors (Lipinski definition) is 4. The number of rotatable bonds is 3. The lowest BCUT2D eigenvalue weighted by atomic mass is 9.94. The molecule has 0 saturated carbocycles. The topological polar surface area (TPSA) is 87.1 Å². The molecule has 0 bridgehead atoms. The van der Waals surface area contributed by atoms with Gasteiger partial charge in [0.15, 0.2) is 5.69 Å². The number of H-pyrrole nitrogens is 1. The summed E-state index contributed by atoms with van der Waals surface area (Å²) in [7, 11) is 0. The number of likely N-dealkylation sites (N-methyl/N-ethyl adjacent to an activating group) is 1. The number of carbonyl (C=O) groups excluding carboxylic acids is 2. The summed E-state index contributed by atoms with van der Waals surface area (Å²) in [5.41, 5.74) is 1.80. The molecule has 8 heteroatoms. The van der Waals surface area contributed by atoms with Crippen LogP contribution < -0.4 is 0 Å². The third-order valence-electron chi connectivity index (χ3n) is 5.50. The number of hydrogen-bond donors (Lipinski definition) is 1. The SMILES string of the molecule is CCN1CCn2c(C)nc(C(=O)N3CCC[C@H](c4ccn[nH]4)C3)c2C1=O. The van der Waals surface area contributed by atoms with Crippen LogP contribution in [0.25, 0.3) is 0 Å². The van der Waals surface area contributed by atoms with E-state index in [0.717, 1.165) is 24.4 Å². The van der Waals surface area contributed by atoms with Crippen molar-refractivity contribution in [2.75, 3.05) is 26.2 Å². The first-order valence-electron chi connectivity index (χ1n) is 9.25. The Kier molecular flexibility index (Phi) is 4.26. The van der Waals surface area contributed by atoms with Crippen molar-refractivity contribution < 1.29 is 9.59 Å². The molecule has 0 aliphatic carbocycles. The van der Waals surface area contributed by atoms with Gasteiger partial charge in [-0.2, -0.15) is 5.10 Å². The maximum absolute atomic E-state index is 13.2. The summed E-state index contributed by atoms with van der Waals surface area (Å²) in [6.07, 6.45) is 3.69. The van der Waals surface area contributed by atoms with E-state index in [0.29, 0.717) is 44.1 Å². The summed E-state index contributed by atoms with van der Waals surface area (Å²) < 4.78 is 1.89. The Morgan fingerprint density at radius 2 is 2.19 bits per heavy atom. The fraction of sp³-hybridized carbons (Fsp3) is 0.556. The second kappa shape index (κ2) is 6.59. The molecule has 4 rings (SSSR count). The van der Waals surface area contributed by atoms with Crippen molar-refractivity contribution in [2.45, 2.75) is 39.2 Å². The van der Waals surface area contributed by atoms with Crippen molar-refractivity contribution in [1.82, 2.24) is 29.5 Å². The summed E-state index contributed by atoms with van der Waals surface area (Å²) in [5.74, 6) is 0.745. The van der Waals surface area contributed by atoms with Gasteiger partial charge in [-0.25, -0.2) is 4.98 Å². The lowest BCUT2D eigenvalue weighted by Gasteiger charge is -2.32. The van der Waals surface area contributed by atoms with E-state index >= 15 is 0 Å². The third-order valence-corrected chi connectivity index (χ3v) is 5.50. The van der Waals surface area contributed by atoms with E-state index in [-0.39, 0.29) is 17.7 Å². The zero-order valence-corrected chi connectivity index (χ0v) is 15.2. The largest absolute Gasteiger partial charge is 0.337 e. The molecule has 1 N–H and O–H groups in total. The Morgan fingerprint density at radius 1 is 1.35 bits per heavy atom. The number of aryl methyl sites for hydroxylation is 1. The quantitative estimate of drug-likeness (QED) is 0.901. The van der Waals surface area contributed by atoms with Crippen LogP contribution in [0.4, 0.5) is 0 Å². The molecule has 0 unspecified atom stereocenters. The van der Waals surface area contributed by atoms with Gasteiger partial charge in [0.25, 0.3) is 11.8 Å². The van der Waals surface area contributed by atoms with E-state index in [9.17, 15) is 9.59 Å². The van der Waals surface area contributed by atoms with E-state index in [1.807, 2.05) is 29.4 Å². The zero-order chi connectivity index (χ0) is 18.3. The van der Waals surface area contributed by atoms with Crippen LogP contribution in [-0.4, -0.2) is 67.5 Å². The number of piperidine rings is 1. The minimum atomic E-state index is -0.141. The molecule has 0 aromatic carbocycles. The molecule has 1 saturated heterocycles. The molecule has 2 aromatic heterocycles. The van der Waals surface area contributed by atoms with Crippen molar-refractivity contribution in [3.05, 3.63) is 35.2 Å². The molecule has 2 aliphatic heterocycles. The number of aromatic amines is 1. The van der Waals surface area contributed by atoms with Gasteiger partial charge in [-0.05, 0) is 32.8 Å². The minimum Gasteiger partial charge on any atom is -0.337 e. The van der Waals surface area contributed by atoms with Gasteiger partial charge in [-0.3, -0.25) is 14.7 Å². The van der Waals surface area contributed by atoms with Gasteiger partial charge in [-0.15, -0.1) is 0 Å². The molecule has 138 valence electrons. The lowest BCUT2D eigenvalue weighted by Crippen LogP contribution is -2.43. The van der Waals surface area contributed by atoms with Crippen molar-refractivity contribution in [3.8, 4) is 0 Å². The van der Waals surface area contributed by atoms with E-state index in [1.165, 1.54) is 0 Å². The third kappa shape index (κ3) is 2.69. The van der Waals surface area contributed by atoms with Gasteiger partial charge in [0, 0.05) is 50.5 Å². The summed E-state index contributed by atoms with van der Waals surface area (Å²) in [6, 6.07) is 1.96. The number of amides is 2. The highest BCUT2D eigenvalue weighted by molar-refractivity contribution is 6.05. The molecular formula is C18H24N6O2. The molecule has 2 aliphatic rings. The van der Waals surface area contributed by atoms with Gasteiger partial charge < -0.3 is 14.4 Å². The first-order valence-corrected chi connectivity index (χ1v) is 9.25. The van der Waals surface area contributed by atoms with Crippen LogP contribution in [0.1, 0.15) is 58.2 Å². The van der Waals surface area contributed by atoms with Crippen LogP contribution >= 0.6 is 0 Å². The predicted octanol–water partition coefficient (Wildman–Crippen LogP) is 1.41. The predicted molar refractivity (Wildman–Crippen MR) is 95.0 cm³/mol. The van der Waals surface area contributed by atoms with Crippen molar-refractivity contribution >= 4 is 11.8 Å². The maximum Gasteiger partial charge on any atom is 0.274 e. The van der Waals surface area contributed by atoms with E-state index < -0.39 is 0 Å². The fourth-order valence-electron chi connectivity index (χ4n) is 4.04. The van der Waals surface area contributed by atoms with Gasteiger partial charge in [0.1, 0.15) is 11.5 Å². The molecule has 1 atom stereocenters. The normalized spacial score (nSPS) is 20.4. The fourth-order valence-corrected chi connectivity index (χ4v) is 4.04. The van der Waals surface area contributed by atoms with E-state index in [4.69, 9.17) is 0 Å². The van der Waals surface area contributed by atoms with Crippen molar-refractivity contribution in [3.63, 3.8) is 0 Å². The van der Waals surface area contributed by atoms with Crippen LogP contribution in [0, 0.1) is 6.92 Å². The van der Waals surface area contributed by atoms with E-state index in [2.05, 4.69) is 15.2 Å². The minimum absolute atomic E-state index is 0.0928. The molecule has 2 aromatic rings. The van der Waals surface area contributed by atoms with Gasteiger partial charge in [0.2, 0.25) is 0 Å². The number of carbonyl (C=O) groups is 2. The Balaban J connectivity index is 1.62. The second-order valence-corrected chi connectivity index (χ2v) is 6.99. The Morgan fingerprint density at radius 3 is 2.92 bits per heavy atom. The van der Waals surface area contributed by atoms with Crippen LogP contribution in [0.2, 0.25) is 0 Å². The summed E-state index contributed by atoms with van der Waals surface area (Å²) in [4.78, 5) is 34.1. The number of likely N-dealkylation sites (tertiary alicyclic amines) is 1. The van der Waals surface area contributed by atoms with Gasteiger partial charge >= 0.3 is 0 Å². The van der Waals surface area contributed by atoms with Crippen LogP contribution in [0.15, 0.2) is 12.3 Å². The monoisotopic (exact) mass is 356 g/mol. The molecular weight excluding hydrogens is 332 g/mol. The van der Waals surface area contributed by atoms with Gasteiger partial charge in [0.05, 0.1) is 0 Å². The van der Waals surface area contributed by atoms with Crippen molar-refractivity contribution in [2.24, 2.45) is 0 Å². The molecule has 1 fully saturated rings. The summed E-state index contributed by atoms with van der Waals surface area (Å²) in [5, 5.41) is 7.03. The molecule has 0 radical (unpaired) electrons. The molecule has 8 nitrogen and oxygen atoms in total. The maximum atomic E-state index is 13.2. The number of nitrogens with one attached hydrogen (secondary N) is 1. The summed E-state index contributed by atoms with van der Waals surface area (Å²) in [6.45, 7) is 7.13. The number of nitrogens with zero attached hydrogens (tertiary/aromatic N) is 5. The highest BCUT2D eigenvalue weighted by Crippen LogP contribution is 2.27. The summed E-state index contributed by atoms with van der Waals surface area (Å²) >= 11 is 0. The van der Waals surface area contributed by atoms with Crippen LogP contribution in [-0.2, 0) is 6.54 Å². The standard InChI is InChI=1S/C18H24N6O2/c1-3-22-9-10-24-12(2)20-15(16(24)18(22)26)17(25)23-8-4-5-13(11-23)14-6-7-19-21-14/h6-7,13H,3-5,8-11H2,1-2H3,(H,19,21)/t13-/m0/s1. The Labute approximate surface area is 152 Å². The number of fused-ring (bicyclic) bond motifs is 1. The number of imidazole rings is 1. The van der Waals surface area contributed by atoms with Crippen LogP contribution in [0.5, 0.6) is 0 Å². The average Bonchev–Trinajstić information content (AvgIpc) is 3.30. The highest BCUT2D eigenvalue weighted by Gasteiger charge is 2.35. The lowest BCUT2D eigenvalue weighted by molar-refractivity contribution is 0.0662. The Bertz CT molecular complexity index is 825. The first-order chi connectivity index (χ1) is 12.6. The van der Waals surface area contributed by atoms with Crippen LogP contribution in [0.3, 0.4) is 0 Å². The zero-order valence-electron chi connectivity index (χ0n) is 15.2. The Hall–Kier alpha value is -2.64. The first kappa shape index (κ1) is 16.8. The molecule has 0 spiro atoms. The molecule has 2 amide bonds. The average molecular weight is 356 g/mol. The highest BCUT2D eigenvalue weighted by atomic mass is 16.2. The van der Waals surface area contributed by atoms with Crippen molar-refractivity contribution in [1.29, 1.82) is 0 Å². The number of aromatic nitrogens is 4. The van der Waals surface area contributed by atoms with Gasteiger partial charge in [-0.1, -0.05) is 0 Å². The molecule has 4 heterocycles. The van der Waals surface area contributed by atoms with E-state index in [1.54, 1.807) is 11.1 Å². The second-order valence-electron chi connectivity index (χ2n) is 6.99. The molecule has 26 heavy (non-hydrogen) atoms.